The molecule has 0 aliphatic heterocycles. The van der Waals surface area contributed by atoms with E-state index in [0.717, 1.165) is 22.5 Å². The van der Waals surface area contributed by atoms with Crippen molar-refractivity contribution in [2.45, 2.75) is 39.8 Å². The molecule has 0 amide bonds. The number of hydrogen-bond donors (Lipinski definition) is 0. The molecule has 2 heterocycles. The first kappa shape index (κ1) is 24.5. The zero-order valence-corrected chi connectivity index (χ0v) is 22.0. The van der Waals surface area contributed by atoms with Crippen LogP contribution in [0.15, 0.2) is 52.4 Å². The summed E-state index contributed by atoms with van der Waals surface area (Å²) in [4.78, 5) is 31.1. The Morgan fingerprint density at radius 1 is 1.09 bits per heavy atom. The van der Waals surface area contributed by atoms with Gasteiger partial charge in [-0.05, 0) is 55.9 Å². The fourth-order valence-corrected chi connectivity index (χ4v) is 5.76. The SMILES string of the molecule is Cc1ccc(-n2c(SCC(=O)C(C)(C)C)nc3c(sc(=S)n3-c3cc(C)ccc3F)c2=O)cc1. The average molecular weight is 514 g/mol. The maximum atomic E-state index is 14.8. The van der Waals surface area contributed by atoms with Crippen LogP contribution in [0.2, 0.25) is 0 Å². The first-order chi connectivity index (χ1) is 16.0. The van der Waals surface area contributed by atoms with E-state index in [1.807, 2.05) is 58.9 Å². The van der Waals surface area contributed by atoms with E-state index >= 15 is 0 Å². The van der Waals surface area contributed by atoms with Gasteiger partial charge in [0, 0.05) is 5.41 Å². The van der Waals surface area contributed by atoms with Crippen LogP contribution in [0, 0.1) is 29.0 Å². The van der Waals surface area contributed by atoms with Crippen LogP contribution in [0.25, 0.3) is 21.7 Å². The molecule has 2 aromatic carbocycles. The summed E-state index contributed by atoms with van der Waals surface area (Å²) < 4.78 is 18.5. The number of thiazole rings is 1. The lowest BCUT2D eigenvalue weighted by atomic mass is 9.92. The minimum Gasteiger partial charge on any atom is -0.298 e. The summed E-state index contributed by atoms with van der Waals surface area (Å²) >= 11 is 7.84. The summed E-state index contributed by atoms with van der Waals surface area (Å²) in [6, 6.07) is 12.2. The van der Waals surface area contributed by atoms with Gasteiger partial charge < -0.3 is 0 Å². The molecular formula is C25H24FN3O2S3. The number of ketones is 1. The number of Topliss-reactive ketones (excluding diaryl/α,β-unsaturated/α-hetero) is 1. The van der Waals surface area contributed by atoms with Gasteiger partial charge in [0.15, 0.2) is 14.8 Å². The van der Waals surface area contributed by atoms with Crippen molar-refractivity contribution in [3.63, 3.8) is 0 Å². The van der Waals surface area contributed by atoms with E-state index in [1.165, 1.54) is 27.0 Å². The van der Waals surface area contributed by atoms with Gasteiger partial charge in [-0.2, -0.15) is 0 Å². The van der Waals surface area contributed by atoms with Crippen molar-refractivity contribution >= 4 is 51.4 Å². The first-order valence-electron chi connectivity index (χ1n) is 10.7. The molecular weight excluding hydrogens is 489 g/mol. The number of nitrogens with zero attached hydrogens (tertiary/aromatic N) is 3. The van der Waals surface area contributed by atoms with Gasteiger partial charge in [0.25, 0.3) is 5.56 Å². The molecule has 0 spiro atoms. The maximum absolute atomic E-state index is 14.8. The van der Waals surface area contributed by atoms with E-state index in [4.69, 9.17) is 17.2 Å². The number of rotatable bonds is 5. The van der Waals surface area contributed by atoms with Crippen LogP contribution < -0.4 is 5.56 Å². The Balaban J connectivity index is 1.99. The molecule has 4 rings (SSSR count). The number of aryl methyl sites for hydroxylation is 2. The van der Waals surface area contributed by atoms with E-state index in [-0.39, 0.29) is 22.8 Å². The Hall–Kier alpha value is -2.62. The van der Waals surface area contributed by atoms with Crippen LogP contribution in [0.3, 0.4) is 0 Å². The molecule has 0 aliphatic carbocycles. The quantitative estimate of drug-likeness (QED) is 0.175. The molecule has 9 heteroatoms. The Labute approximate surface area is 210 Å². The van der Waals surface area contributed by atoms with Gasteiger partial charge in [0.1, 0.15) is 16.3 Å². The number of fused-ring (bicyclic) bond motifs is 1. The second-order valence-corrected chi connectivity index (χ2v) is 11.7. The number of benzene rings is 2. The summed E-state index contributed by atoms with van der Waals surface area (Å²) in [6.45, 7) is 9.40. The van der Waals surface area contributed by atoms with E-state index < -0.39 is 11.2 Å². The second kappa shape index (κ2) is 9.20. The lowest BCUT2D eigenvalue weighted by molar-refractivity contribution is -0.123. The van der Waals surface area contributed by atoms with Crippen molar-refractivity contribution in [2.75, 3.05) is 5.75 Å². The third-order valence-corrected chi connectivity index (χ3v) is 7.67. The number of halogens is 1. The molecule has 0 N–H and O–H groups in total. The summed E-state index contributed by atoms with van der Waals surface area (Å²) in [7, 11) is 0. The summed E-state index contributed by atoms with van der Waals surface area (Å²) in [5.74, 6) is -0.269. The predicted molar refractivity (Wildman–Crippen MR) is 140 cm³/mol. The van der Waals surface area contributed by atoms with Crippen molar-refractivity contribution in [2.24, 2.45) is 5.41 Å². The lowest BCUT2D eigenvalue weighted by Crippen LogP contribution is -2.24. The molecule has 5 nitrogen and oxygen atoms in total. The molecule has 0 bridgehead atoms. The molecule has 2 aromatic heterocycles. The van der Waals surface area contributed by atoms with E-state index in [2.05, 4.69) is 0 Å². The zero-order valence-electron chi connectivity index (χ0n) is 19.5. The highest BCUT2D eigenvalue weighted by molar-refractivity contribution is 7.99. The van der Waals surface area contributed by atoms with Crippen LogP contribution in [0.1, 0.15) is 31.9 Å². The highest BCUT2D eigenvalue weighted by Crippen LogP contribution is 2.30. The fraction of sp³-hybridized carbons (Fsp3) is 0.280. The first-order valence-corrected chi connectivity index (χ1v) is 12.9. The van der Waals surface area contributed by atoms with Crippen molar-refractivity contribution in [3.8, 4) is 11.4 Å². The molecule has 0 saturated heterocycles. The van der Waals surface area contributed by atoms with E-state index in [9.17, 15) is 14.0 Å². The number of carbonyl (C=O) groups excluding carboxylic acids is 1. The Bertz CT molecular complexity index is 1530. The minimum atomic E-state index is -0.521. The number of hydrogen-bond acceptors (Lipinski definition) is 6. The standard InChI is InChI=1S/C25H24FN3O2S3/c1-14-6-9-16(10-7-14)28-22(31)20-21(27-23(28)33-13-19(30)25(3,4)5)29(24(32)34-20)18-12-15(2)8-11-17(18)26/h6-12H,13H2,1-5H3. The second-order valence-electron chi connectivity index (χ2n) is 9.14. The van der Waals surface area contributed by atoms with Gasteiger partial charge in [0.2, 0.25) is 0 Å². The molecule has 176 valence electrons. The molecule has 0 unspecified atom stereocenters. The summed E-state index contributed by atoms with van der Waals surface area (Å²) in [5, 5.41) is 0.355. The van der Waals surface area contributed by atoms with Gasteiger partial charge in [-0.25, -0.2) is 9.37 Å². The number of aromatic nitrogens is 3. The zero-order chi connectivity index (χ0) is 24.8. The Morgan fingerprint density at radius 3 is 2.38 bits per heavy atom. The van der Waals surface area contributed by atoms with Crippen LogP contribution in [-0.2, 0) is 4.79 Å². The fourth-order valence-electron chi connectivity index (χ4n) is 3.31. The predicted octanol–water partition coefficient (Wildman–Crippen LogP) is 6.43. The van der Waals surface area contributed by atoms with Gasteiger partial charge in [-0.15, -0.1) is 0 Å². The Morgan fingerprint density at radius 2 is 1.74 bits per heavy atom. The van der Waals surface area contributed by atoms with Gasteiger partial charge in [-0.1, -0.05) is 67.6 Å². The molecule has 0 aliphatic rings. The molecule has 0 fully saturated rings. The third-order valence-electron chi connectivity index (χ3n) is 5.38. The third kappa shape index (κ3) is 4.64. The average Bonchev–Trinajstić information content (AvgIpc) is 3.10. The monoisotopic (exact) mass is 513 g/mol. The highest BCUT2D eigenvalue weighted by atomic mass is 32.2. The molecule has 0 saturated carbocycles. The molecule has 4 aromatic rings. The lowest BCUT2D eigenvalue weighted by Gasteiger charge is -2.17. The van der Waals surface area contributed by atoms with Crippen molar-refractivity contribution < 1.29 is 9.18 Å². The van der Waals surface area contributed by atoms with Crippen molar-refractivity contribution in [3.05, 3.63) is 73.7 Å². The van der Waals surface area contributed by atoms with Crippen molar-refractivity contribution in [1.29, 1.82) is 0 Å². The minimum absolute atomic E-state index is 0.0363. The van der Waals surface area contributed by atoms with Crippen LogP contribution >= 0.6 is 35.3 Å². The molecule has 0 atom stereocenters. The number of carbonyl (C=O) groups is 1. The Kier molecular flexibility index (Phi) is 6.63. The van der Waals surface area contributed by atoms with Crippen LogP contribution in [0.5, 0.6) is 0 Å². The highest BCUT2D eigenvalue weighted by Gasteiger charge is 2.24. The van der Waals surface area contributed by atoms with Gasteiger partial charge >= 0.3 is 0 Å². The summed E-state index contributed by atoms with van der Waals surface area (Å²) in [6.07, 6.45) is 0. The van der Waals surface area contributed by atoms with Crippen LogP contribution in [-0.4, -0.2) is 25.7 Å². The van der Waals surface area contributed by atoms with Crippen molar-refractivity contribution in [1.82, 2.24) is 14.1 Å². The van der Waals surface area contributed by atoms with E-state index in [0.29, 0.717) is 25.1 Å². The normalized spacial score (nSPS) is 11.8. The number of thioether (sulfide) groups is 1. The molecule has 0 radical (unpaired) electrons. The molecule has 34 heavy (non-hydrogen) atoms. The van der Waals surface area contributed by atoms with E-state index in [1.54, 1.807) is 12.1 Å². The van der Waals surface area contributed by atoms with Gasteiger partial charge in [0.05, 0.1) is 17.1 Å². The van der Waals surface area contributed by atoms with Crippen LogP contribution in [0.4, 0.5) is 4.39 Å². The largest absolute Gasteiger partial charge is 0.298 e. The summed E-state index contributed by atoms with van der Waals surface area (Å²) in [5.41, 5.74) is 2.27. The maximum Gasteiger partial charge on any atom is 0.278 e. The van der Waals surface area contributed by atoms with Gasteiger partial charge in [-0.3, -0.25) is 18.7 Å². The smallest absolute Gasteiger partial charge is 0.278 e. The topological polar surface area (TPSA) is 56.9 Å².